The van der Waals surface area contributed by atoms with Gasteiger partial charge in [-0.1, -0.05) is 18.2 Å². The van der Waals surface area contributed by atoms with Gasteiger partial charge in [-0.2, -0.15) is 0 Å². The molecular formula is C20H23N7O. The first-order chi connectivity index (χ1) is 13.7. The Kier molecular flexibility index (Phi) is 4.11. The largest absolute Gasteiger partial charge is 0.354 e. The first-order valence-corrected chi connectivity index (χ1v) is 9.74. The summed E-state index contributed by atoms with van der Waals surface area (Å²) in [6, 6.07) is 9.60. The average molecular weight is 377 g/mol. The number of hydrogen-bond donors (Lipinski definition) is 1. The quantitative estimate of drug-likeness (QED) is 0.758. The van der Waals surface area contributed by atoms with Gasteiger partial charge in [0, 0.05) is 50.2 Å². The van der Waals surface area contributed by atoms with E-state index in [9.17, 15) is 4.79 Å². The topological polar surface area (TPSA) is 79.2 Å². The molecule has 0 saturated carbocycles. The zero-order valence-electron chi connectivity index (χ0n) is 15.8. The normalized spacial score (nSPS) is 21.3. The number of carbonyl (C=O) groups is 1. The fourth-order valence-corrected chi connectivity index (χ4v) is 4.39. The molecule has 2 unspecified atom stereocenters. The van der Waals surface area contributed by atoms with Gasteiger partial charge in [-0.3, -0.25) is 0 Å². The number of rotatable bonds is 3. The van der Waals surface area contributed by atoms with E-state index >= 15 is 0 Å². The van der Waals surface area contributed by atoms with Crippen molar-refractivity contribution in [2.24, 2.45) is 11.8 Å². The van der Waals surface area contributed by atoms with Crippen LogP contribution < -0.4 is 10.2 Å². The average Bonchev–Trinajstić information content (AvgIpc) is 3.41. The van der Waals surface area contributed by atoms with Gasteiger partial charge in [0.2, 0.25) is 0 Å². The highest BCUT2D eigenvalue weighted by Crippen LogP contribution is 2.35. The fraction of sp³-hybridized carbons (Fsp3) is 0.400. The lowest BCUT2D eigenvalue weighted by Crippen LogP contribution is -2.36. The molecule has 8 nitrogen and oxygen atoms in total. The summed E-state index contributed by atoms with van der Waals surface area (Å²) in [5, 5.41) is 2.99. The number of aromatic nitrogens is 4. The number of amides is 2. The van der Waals surface area contributed by atoms with E-state index in [1.165, 1.54) is 0 Å². The SMILES string of the molecule is CCn1cnc2c(N3CC4CN(C(=O)Nc5ccccc5)CC4C3)ncnc21. The monoisotopic (exact) mass is 377 g/mol. The fourth-order valence-electron chi connectivity index (χ4n) is 4.39. The minimum Gasteiger partial charge on any atom is -0.354 e. The van der Waals surface area contributed by atoms with Crippen LogP contribution in [0.15, 0.2) is 43.0 Å². The maximum atomic E-state index is 12.6. The van der Waals surface area contributed by atoms with Crippen molar-refractivity contribution in [3.63, 3.8) is 0 Å². The van der Waals surface area contributed by atoms with Gasteiger partial charge in [0.25, 0.3) is 0 Å². The van der Waals surface area contributed by atoms with Gasteiger partial charge < -0.3 is 19.7 Å². The molecular weight excluding hydrogens is 354 g/mol. The lowest BCUT2D eigenvalue weighted by molar-refractivity contribution is 0.219. The van der Waals surface area contributed by atoms with E-state index < -0.39 is 0 Å². The Morgan fingerprint density at radius 1 is 1.07 bits per heavy atom. The molecule has 2 aliphatic rings. The lowest BCUT2D eigenvalue weighted by atomic mass is 10.0. The van der Waals surface area contributed by atoms with Crippen molar-refractivity contribution in [1.82, 2.24) is 24.4 Å². The number of imidazole rings is 1. The van der Waals surface area contributed by atoms with Crippen LogP contribution in [0.5, 0.6) is 0 Å². The first-order valence-electron chi connectivity index (χ1n) is 9.74. The van der Waals surface area contributed by atoms with Gasteiger partial charge in [0.1, 0.15) is 6.33 Å². The van der Waals surface area contributed by atoms with Crippen LogP contribution in [0.25, 0.3) is 11.2 Å². The summed E-state index contributed by atoms with van der Waals surface area (Å²) in [5.41, 5.74) is 2.58. The van der Waals surface area contributed by atoms with E-state index in [1.54, 1.807) is 6.33 Å². The van der Waals surface area contributed by atoms with Crippen molar-refractivity contribution in [2.45, 2.75) is 13.5 Å². The number of nitrogens with zero attached hydrogens (tertiary/aromatic N) is 6. The van der Waals surface area contributed by atoms with Crippen LogP contribution >= 0.6 is 0 Å². The number of carbonyl (C=O) groups excluding carboxylic acids is 1. The minimum absolute atomic E-state index is 0.0155. The number of benzene rings is 1. The van der Waals surface area contributed by atoms with Crippen molar-refractivity contribution in [1.29, 1.82) is 0 Å². The highest BCUT2D eigenvalue weighted by atomic mass is 16.2. The number of aryl methyl sites for hydroxylation is 1. The van der Waals surface area contributed by atoms with Crippen LogP contribution in [-0.2, 0) is 6.54 Å². The third kappa shape index (κ3) is 2.85. The van der Waals surface area contributed by atoms with E-state index in [1.807, 2.05) is 46.1 Å². The Labute approximate surface area is 163 Å². The van der Waals surface area contributed by atoms with Crippen molar-refractivity contribution in [2.75, 3.05) is 36.4 Å². The molecule has 2 fully saturated rings. The smallest absolute Gasteiger partial charge is 0.321 e. The van der Waals surface area contributed by atoms with E-state index in [-0.39, 0.29) is 6.03 Å². The zero-order chi connectivity index (χ0) is 19.1. The van der Waals surface area contributed by atoms with Crippen LogP contribution in [0.4, 0.5) is 16.3 Å². The number of anilines is 2. The molecule has 0 spiro atoms. The first kappa shape index (κ1) is 17.0. The summed E-state index contributed by atoms with van der Waals surface area (Å²) in [5.74, 6) is 1.83. The summed E-state index contributed by atoms with van der Waals surface area (Å²) in [4.78, 5) is 30.3. The molecule has 1 N–H and O–H groups in total. The molecule has 0 aliphatic carbocycles. The van der Waals surface area contributed by atoms with E-state index in [4.69, 9.17) is 0 Å². The Hall–Kier alpha value is -3.16. The van der Waals surface area contributed by atoms with Crippen molar-refractivity contribution < 1.29 is 4.79 Å². The standard InChI is InChI=1S/C20H23N7O/c1-2-25-13-23-17-18(25)21-12-22-19(17)26-8-14-10-27(11-15(14)9-26)20(28)24-16-6-4-3-5-7-16/h3-7,12-15H,2,8-11H2,1H3,(H,24,28). The maximum Gasteiger partial charge on any atom is 0.321 e. The molecule has 0 bridgehead atoms. The van der Waals surface area contributed by atoms with Crippen LogP contribution in [0.1, 0.15) is 6.92 Å². The highest BCUT2D eigenvalue weighted by Gasteiger charge is 2.42. The summed E-state index contributed by atoms with van der Waals surface area (Å²) in [6.07, 6.45) is 3.45. The van der Waals surface area contributed by atoms with Crippen molar-refractivity contribution >= 4 is 28.7 Å². The summed E-state index contributed by atoms with van der Waals surface area (Å²) >= 11 is 0. The van der Waals surface area contributed by atoms with Crippen LogP contribution in [0.3, 0.4) is 0 Å². The summed E-state index contributed by atoms with van der Waals surface area (Å²) in [6.45, 7) is 6.26. The van der Waals surface area contributed by atoms with Crippen LogP contribution in [0, 0.1) is 11.8 Å². The van der Waals surface area contributed by atoms with Crippen LogP contribution in [-0.4, -0.2) is 56.6 Å². The number of para-hydroxylation sites is 1. The molecule has 2 aromatic heterocycles. The Balaban J connectivity index is 1.27. The number of nitrogens with one attached hydrogen (secondary N) is 1. The molecule has 2 saturated heterocycles. The van der Waals surface area contributed by atoms with Crippen molar-refractivity contribution in [3.05, 3.63) is 43.0 Å². The molecule has 2 amide bonds. The summed E-state index contributed by atoms with van der Waals surface area (Å²) < 4.78 is 2.03. The molecule has 4 heterocycles. The lowest BCUT2D eigenvalue weighted by Gasteiger charge is -2.22. The van der Waals surface area contributed by atoms with Crippen molar-refractivity contribution in [3.8, 4) is 0 Å². The van der Waals surface area contributed by atoms with Gasteiger partial charge in [-0.05, 0) is 19.1 Å². The molecule has 5 rings (SSSR count). The van der Waals surface area contributed by atoms with E-state index in [0.29, 0.717) is 11.8 Å². The molecule has 144 valence electrons. The Bertz CT molecular complexity index is 988. The van der Waals surface area contributed by atoms with Gasteiger partial charge >= 0.3 is 6.03 Å². The third-order valence-corrected chi connectivity index (χ3v) is 5.82. The molecule has 28 heavy (non-hydrogen) atoms. The molecule has 3 aromatic rings. The predicted molar refractivity (Wildman–Crippen MR) is 107 cm³/mol. The predicted octanol–water partition coefficient (Wildman–Crippen LogP) is 2.45. The Morgan fingerprint density at radius 2 is 1.82 bits per heavy atom. The summed E-state index contributed by atoms with van der Waals surface area (Å²) in [7, 11) is 0. The molecule has 0 radical (unpaired) electrons. The maximum absolute atomic E-state index is 12.6. The number of likely N-dealkylation sites (tertiary alicyclic amines) is 1. The van der Waals surface area contributed by atoms with Gasteiger partial charge in [0.05, 0.1) is 6.33 Å². The second-order valence-electron chi connectivity index (χ2n) is 7.53. The molecule has 1 aromatic carbocycles. The number of fused-ring (bicyclic) bond motifs is 2. The molecule has 2 aliphatic heterocycles. The van der Waals surface area contributed by atoms with Gasteiger partial charge in [-0.25, -0.2) is 19.7 Å². The molecule has 2 atom stereocenters. The number of urea groups is 1. The second kappa shape index (κ2) is 6.78. The van der Waals surface area contributed by atoms with Gasteiger partial charge in [0.15, 0.2) is 17.0 Å². The highest BCUT2D eigenvalue weighted by molar-refractivity contribution is 5.89. The van der Waals surface area contributed by atoms with E-state index in [0.717, 1.165) is 55.4 Å². The second-order valence-corrected chi connectivity index (χ2v) is 7.53. The van der Waals surface area contributed by atoms with Gasteiger partial charge in [-0.15, -0.1) is 0 Å². The third-order valence-electron chi connectivity index (χ3n) is 5.82. The molecule has 8 heteroatoms. The van der Waals surface area contributed by atoms with Crippen LogP contribution in [0.2, 0.25) is 0 Å². The minimum atomic E-state index is -0.0155. The zero-order valence-corrected chi connectivity index (χ0v) is 15.8. The van der Waals surface area contributed by atoms with E-state index in [2.05, 4.69) is 32.1 Å². The number of hydrogen-bond acceptors (Lipinski definition) is 5. The Morgan fingerprint density at radius 3 is 2.54 bits per heavy atom.